The first-order chi connectivity index (χ1) is 11.5. The van der Waals surface area contributed by atoms with E-state index >= 15 is 0 Å². The van der Waals surface area contributed by atoms with E-state index in [9.17, 15) is 4.79 Å². The molecular formula is C19H19N3O2. The molecule has 1 N–H and O–H groups in total. The summed E-state index contributed by atoms with van der Waals surface area (Å²) in [4.78, 5) is 15.8. The largest absolute Gasteiger partial charge is 0.487 e. The third kappa shape index (κ3) is 4.20. The van der Waals surface area contributed by atoms with Crippen LogP contribution in [0.15, 0.2) is 42.1 Å². The van der Waals surface area contributed by atoms with Gasteiger partial charge in [0, 0.05) is 13.2 Å². The first-order valence-corrected chi connectivity index (χ1v) is 7.53. The first-order valence-electron chi connectivity index (χ1n) is 7.53. The number of amides is 1. The van der Waals surface area contributed by atoms with E-state index in [1.54, 1.807) is 12.3 Å². The second-order valence-corrected chi connectivity index (χ2v) is 5.34. The van der Waals surface area contributed by atoms with Crippen molar-refractivity contribution < 1.29 is 9.53 Å². The average Bonchev–Trinajstić information content (AvgIpc) is 2.59. The van der Waals surface area contributed by atoms with E-state index in [-0.39, 0.29) is 5.57 Å². The summed E-state index contributed by atoms with van der Waals surface area (Å²) in [6.45, 7) is 4.26. The van der Waals surface area contributed by atoms with Gasteiger partial charge in [0.15, 0.2) is 0 Å². The number of aryl methyl sites for hydroxylation is 2. The normalized spacial score (nSPS) is 10.8. The number of aromatic nitrogens is 1. The van der Waals surface area contributed by atoms with E-state index in [0.717, 1.165) is 28.1 Å². The van der Waals surface area contributed by atoms with Crippen molar-refractivity contribution in [1.29, 1.82) is 5.26 Å². The molecule has 0 aliphatic carbocycles. The Hall–Kier alpha value is -3.13. The van der Waals surface area contributed by atoms with Crippen molar-refractivity contribution >= 4 is 12.0 Å². The summed E-state index contributed by atoms with van der Waals surface area (Å²) in [5, 5.41) is 11.5. The molecule has 0 saturated heterocycles. The molecule has 5 nitrogen and oxygen atoms in total. The molecule has 1 aromatic heterocycles. The lowest BCUT2D eigenvalue weighted by Crippen LogP contribution is -2.19. The molecule has 24 heavy (non-hydrogen) atoms. The van der Waals surface area contributed by atoms with Gasteiger partial charge >= 0.3 is 0 Å². The lowest BCUT2D eigenvalue weighted by atomic mass is 10.0. The summed E-state index contributed by atoms with van der Waals surface area (Å²) >= 11 is 0. The van der Waals surface area contributed by atoms with Crippen LogP contribution in [0.1, 0.15) is 22.4 Å². The smallest absolute Gasteiger partial charge is 0.261 e. The lowest BCUT2D eigenvalue weighted by molar-refractivity contribution is -0.116. The highest BCUT2D eigenvalue weighted by Gasteiger charge is 2.10. The van der Waals surface area contributed by atoms with Gasteiger partial charge in [0.1, 0.15) is 24.0 Å². The van der Waals surface area contributed by atoms with Crippen LogP contribution in [0, 0.1) is 25.2 Å². The van der Waals surface area contributed by atoms with Crippen molar-refractivity contribution in [1.82, 2.24) is 10.3 Å². The number of hydrogen-bond acceptors (Lipinski definition) is 4. The van der Waals surface area contributed by atoms with Gasteiger partial charge in [-0.25, -0.2) is 0 Å². The Kier molecular flexibility index (Phi) is 5.69. The van der Waals surface area contributed by atoms with Crippen LogP contribution in [0.4, 0.5) is 0 Å². The highest BCUT2D eigenvalue weighted by atomic mass is 16.5. The van der Waals surface area contributed by atoms with Crippen molar-refractivity contribution in [2.75, 3.05) is 7.05 Å². The van der Waals surface area contributed by atoms with Gasteiger partial charge < -0.3 is 10.1 Å². The Morgan fingerprint density at radius 1 is 1.33 bits per heavy atom. The fourth-order valence-electron chi connectivity index (χ4n) is 2.37. The van der Waals surface area contributed by atoms with Crippen molar-refractivity contribution in [3.63, 3.8) is 0 Å². The quantitative estimate of drug-likeness (QED) is 0.678. The zero-order valence-electron chi connectivity index (χ0n) is 14.0. The van der Waals surface area contributed by atoms with Gasteiger partial charge in [0.25, 0.3) is 5.91 Å². The number of carbonyl (C=O) groups excluding carboxylic acids is 1. The number of hydrogen-bond donors (Lipinski definition) is 1. The molecular weight excluding hydrogens is 302 g/mol. The molecule has 1 aromatic carbocycles. The van der Waals surface area contributed by atoms with Gasteiger partial charge in [-0.05, 0) is 60.9 Å². The number of likely N-dealkylation sites (N-methyl/N-ethyl adjacent to an activating group) is 1. The molecule has 0 atom stereocenters. The first kappa shape index (κ1) is 17.2. The minimum Gasteiger partial charge on any atom is -0.487 e. The third-order valence-corrected chi connectivity index (χ3v) is 3.48. The Morgan fingerprint density at radius 2 is 2.04 bits per heavy atom. The Balaban J connectivity index is 2.24. The zero-order chi connectivity index (χ0) is 17.5. The standard InChI is InChI=1S/C19H19N3O2/c1-13-8-15(10-16(11-20)19(23)21-3)9-14(2)18(13)24-12-17-6-4-5-7-22-17/h4-10H,12H2,1-3H3,(H,21,23)/b16-10-. The maximum atomic E-state index is 11.6. The molecule has 0 aliphatic rings. The topological polar surface area (TPSA) is 75.0 Å². The van der Waals surface area contributed by atoms with Crippen LogP contribution in [0.25, 0.3) is 6.08 Å². The fraction of sp³-hybridized carbons (Fsp3) is 0.211. The highest BCUT2D eigenvalue weighted by Crippen LogP contribution is 2.26. The number of ether oxygens (including phenoxy) is 1. The second-order valence-electron chi connectivity index (χ2n) is 5.34. The molecule has 2 aromatic rings. The summed E-state index contributed by atoms with van der Waals surface area (Å²) in [7, 11) is 1.50. The molecule has 0 saturated carbocycles. The number of pyridine rings is 1. The van der Waals surface area contributed by atoms with E-state index in [1.807, 2.05) is 50.2 Å². The Bertz CT molecular complexity index is 782. The average molecular weight is 321 g/mol. The number of nitrogens with zero attached hydrogens (tertiary/aromatic N) is 2. The van der Waals surface area contributed by atoms with Gasteiger partial charge in [0.05, 0.1) is 5.69 Å². The molecule has 1 amide bonds. The van der Waals surface area contributed by atoms with Gasteiger partial charge in [-0.1, -0.05) is 6.07 Å². The molecule has 0 spiro atoms. The van der Waals surface area contributed by atoms with Gasteiger partial charge in [-0.3, -0.25) is 9.78 Å². The summed E-state index contributed by atoms with van der Waals surface area (Å²) in [6.07, 6.45) is 3.30. The van der Waals surface area contributed by atoms with Crippen LogP contribution in [0.5, 0.6) is 5.75 Å². The van der Waals surface area contributed by atoms with Crippen LogP contribution in [0.2, 0.25) is 0 Å². The predicted octanol–water partition coefficient (Wildman–Crippen LogP) is 2.93. The third-order valence-electron chi connectivity index (χ3n) is 3.48. The molecule has 1 heterocycles. The van der Waals surface area contributed by atoms with Gasteiger partial charge in [-0.2, -0.15) is 5.26 Å². The van der Waals surface area contributed by atoms with Crippen molar-refractivity contribution in [2.45, 2.75) is 20.5 Å². The predicted molar refractivity (Wildman–Crippen MR) is 92.1 cm³/mol. The number of benzene rings is 1. The van der Waals surface area contributed by atoms with E-state index in [4.69, 9.17) is 10.00 Å². The number of nitrogens with one attached hydrogen (secondary N) is 1. The zero-order valence-corrected chi connectivity index (χ0v) is 14.0. The number of rotatable bonds is 5. The fourth-order valence-corrected chi connectivity index (χ4v) is 2.37. The molecule has 0 aliphatic heterocycles. The molecule has 122 valence electrons. The Morgan fingerprint density at radius 3 is 2.58 bits per heavy atom. The SMILES string of the molecule is CNC(=O)/C(C#N)=C\c1cc(C)c(OCc2ccccn2)c(C)c1. The molecule has 5 heteroatoms. The summed E-state index contributed by atoms with van der Waals surface area (Å²) in [6, 6.07) is 11.4. The van der Waals surface area contributed by atoms with Crippen molar-refractivity contribution in [3.8, 4) is 11.8 Å². The summed E-state index contributed by atoms with van der Waals surface area (Å²) in [5.74, 6) is 0.388. The maximum absolute atomic E-state index is 11.6. The monoisotopic (exact) mass is 321 g/mol. The minimum absolute atomic E-state index is 0.0680. The summed E-state index contributed by atoms with van der Waals surface area (Å²) < 4.78 is 5.88. The van der Waals surface area contributed by atoms with Gasteiger partial charge in [0.2, 0.25) is 0 Å². The molecule has 0 fully saturated rings. The lowest BCUT2D eigenvalue weighted by Gasteiger charge is -2.13. The molecule has 2 rings (SSSR count). The van der Waals surface area contributed by atoms with E-state index in [2.05, 4.69) is 10.3 Å². The van der Waals surface area contributed by atoms with Crippen LogP contribution >= 0.6 is 0 Å². The van der Waals surface area contributed by atoms with Crippen molar-refractivity contribution in [2.24, 2.45) is 0 Å². The van der Waals surface area contributed by atoms with Crippen LogP contribution in [-0.2, 0) is 11.4 Å². The molecule has 0 unspecified atom stereocenters. The van der Waals surface area contributed by atoms with Gasteiger partial charge in [-0.15, -0.1) is 0 Å². The minimum atomic E-state index is -0.400. The van der Waals surface area contributed by atoms with Crippen molar-refractivity contribution in [3.05, 3.63) is 64.5 Å². The van der Waals surface area contributed by atoms with E-state index < -0.39 is 5.91 Å². The molecule has 0 bridgehead atoms. The van der Waals surface area contributed by atoms with E-state index in [0.29, 0.717) is 6.61 Å². The Labute approximate surface area is 141 Å². The molecule has 0 radical (unpaired) electrons. The van der Waals surface area contributed by atoms with Crippen LogP contribution in [-0.4, -0.2) is 17.9 Å². The summed E-state index contributed by atoms with van der Waals surface area (Å²) in [5.41, 5.74) is 3.58. The van der Waals surface area contributed by atoms with E-state index in [1.165, 1.54) is 7.05 Å². The number of carbonyl (C=O) groups is 1. The van der Waals surface area contributed by atoms with Crippen LogP contribution < -0.4 is 10.1 Å². The van der Waals surface area contributed by atoms with Crippen LogP contribution in [0.3, 0.4) is 0 Å². The maximum Gasteiger partial charge on any atom is 0.261 e. The number of nitriles is 1. The highest BCUT2D eigenvalue weighted by molar-refractivity contribution is 6.01. The second kappa shape index (κ2) is 7.93.